The summed E-state index contributed by atoms with van der Waals surface area (Å²) < 4.78 is 15.8. The van der Waals surface area contributed by atoms with Crippen LogP contribution in [0.4, 0.5) is 14.9 Å². The molecule has 8 nitrogen and oxygen atoms in total. The number of hydrogen-bond acceptors (Lipinski definition) is 5. The molecule has 2 aromatic carbocycles. The molecule has 2 saturated heterocycles. The van der Waals surface area contributed by atoms with Crippen LogP contribution in [-0.2, 0) is 20.9 Å². The van der Waals surface area contributed by atoms with E-state index in [2.05, 4.69) is 28.2 Å². The molecule has 202 valence electrons. The first-order chi connectivity index (χ1) is 18.7. The molecule has 2 aliphatic heterocycles. The van der Waals surface area contributed by atoms with Crippen LogP contribution in [0.25, 0.3) is 17.0 Å². The summed E-state index contributed by atoms with van der Waals surface area (Å²) in [5, 5.41) is 2.83. The summed E-state index contributed by atoms with van der Waals surface area (Å²) >= 11 is 4.25. The summed E-state index contributed by atoms with van der Waals surface area (Å²) in [7, 11) is 0. The maximum atomic E-state index is 13.1. The van der Waals surface area contributed by atoms with Crippen molar-refractivity contribution in [1.29, 1.82) is 0 Å². The Morgan fingerprint density at radius 3 is 2.64 bits per heavy atom. The van der Waals surface area contributed by atoms with Crippen LogP contribution in [0.15, 0.2) is 58.0 Å². The van der Waals surface area contributed by atoms with Crippen molar-refractivity contribution in [3.8, 4) is 0 Å². The molecule has 1 N–H and O–H groups in total. The molecule has 4 amide bonds. The minimum atomic E-state index is -0.576. The number of likely N-dealkylation sites (tertiary alicyclic amines) is 1. The van der Waals surface area contributed by atoms with Gasteiger partial charge in [0.05, 0.1) is 4.91 Å². The maximum Gasteiger partial charge on any atom is 0.294 e. The zero-order chi connectivity index (χ0) is 27.7. The molecule has 5 rings (SSSR count). The molecule has 3 heterocycles. The molecule has 2 aliphatic rings. The van der Waals surface area contributed by atoms with Crippen molar-refractivity contribution in [1.82, 2.24) is 14.4 Å². The highest BCUT2D eigenvalue weighted by atomic mass is 79.9. The zero-order valence-corrected chi connectivity index (χ0v) is 23.6. The normalized spacial score (nSPS) is 18.8. The van der Waals surface area contributed by atoms with Crippen molar-refractivity contribution in [2.45, 2.75) is 38.8 Å². The number of hydrogen-bond donors (Lipinski definition) is 1. The van der Waals surface area contributed by atoms with Crippen LogP contribution < -0.4 is 5.32 Å². The van der Waals surface area contributed by atoms with Gasteiger partial charge in [0.25, 0.3) is 11.1 Å². The number of carbonyl (C=O) groups excluding carboxylic acids is 4. The van der Waals surface area contributed by atoms with Gasteiger partial charge in [0.2, 0.25) is 11.8 Å². The molecule has 3 aromatic rings. The number of carbonyl (C=O) groups is 4. The number of thioether (sulfide) groups is 1. The summed E-state index contributed by atoms with van der Waals surface area (Å²) in [4.78, 5) is 54.3. The maximum absolute atomic E-state index is 13.1. The molecule has 0 saturated carbocycles. The van der Waals surface area contributed by atoms with Crippen molar-refractivity contribution in [2.75, 3.05) is 18.4 Å². The Labute approximate surface area is 237 Å². The Balaban J connectivity index is 1.36. The van der Waals surface area contributed by atoms with Crippen molar-refractivity contribution in [3.05, 3.63) is 69.4 Å². The van der Waals surface area contributed by atoms with Crippen molar-refractivity contribution < 1.29 is 23.6 Å². The number of imide groups is 1. The smallest absolute Gasteiger partial charge is 0.294 e. The molecule has 1 atom stereocenters. The van der Waals surface area contributed by atoms with Gasteiger partial charge in [0.1, 0.15) is 18.9 Å². The van der Waals surface area contributed by atoms with Gasteiger partial charge in [-0.15, -0.1) is 0 Å². The van der Waals surface area contributed by atoms with E-state index >= 15 is 0 Å². The number of anilines is 1. The standard InChI is InChI=1S/C28H26BrFN4O4S/c1-17-4-2-3-11-33(17)26(36)16-32-14-18(22-13-19(29)5-10-23(22)32)12-24-27(37)34(28(38)39-24)15-25(35)31-21-8-6-20(30)7-9-21/h5-10,12-14,17H,2-4,11,15-16H2,1H3,(H,31,35)/b24-12-/t17-/m0/s1. The highest BCUT2D eigenvalue weighted by molar-refractivity contribution is 9.10. The number of halogens is 2. The Morgan fingerprint density at radius 2 is 1.90 bits per heavy atom. The second kappa shape index (κ2) is 11.4. The fraction of sp³-hybridized carbons (Fsp3) is 0.286. The minimum Gasteiger partial charge on any atom is -0.338 e. The van der Waals surface area contributed by atoms with Crippen LogP contribution in [-0.4, -0.2) is 56.5 Å². The molecule has 11 heteroatoms. The van der Waals surface area contributed by atoms with Crippen molar-refractivity contribution >= 4 is 73.3 Å². The fourth-order valence-electron chi connectivity index (χ4n) is 4.90. The van der Waals surface area contributed by atoms with E-state index in [0.717, 1.165) is 57.8 Å². The first-order valence-corrected chi connectivity index (χ1v) is 14.2. The van der Waals surface area contributed by atoms with Crippen LogP contribution in [0.5, 0.6) is 0 Å². The van der Waals surface area contributed by atoms with E-state index in [0.29, 0.717) is 11.3 Å². The lowest BCUT2D eigenvalue weighted by atomic mass is 10.0. The third-order valence-electron chi connectivity index (χ3n) is 6.89. The highest BCUT2D eigenvalue weighted by Crippen LogP contribution is 2.35. The van der Waals surface area contributed by atoms with E-state index in [9.17, 15) is 23.6 Å². The average molecular weight is 614 g/mol. The predicted octanol–water partition coefficient (Wildman–Crippen LogP) is 5.62. The van der Waals surface area contributed by atoms with Gasteiger partial charge in [-0.25, -0.2) is 4.39 Å². The van der Waals surface area contributed by atoms with Gasteiger partial charge < -0.3 is 14.8 Å². The largest absolute Gasteiger partial charge is 0.338 e. The Bertz CT molecular complexity index is 1500. The first-order valence-electron chi connectivity index (χ1n) is 12.6. The van der Waals surface area contributed by atoms with Crippen LogP contribution in [0.3, 0.4) is 0 Å². The number of fused-ring (bicyclic) bond motifs is 1. The second-order valence-corrected chi connectivity index (χ2v) is 11.5. The van der Waals surface area contributed by atoms with E-state index in [4.69, 9.17) is 0 Å². The molecule has 1 aromatic heterocycles. The van der Waals surface area contributed by atoms with Gasteiger partial charge >= 0.3 is 0 Å². The lowest BCUT2D eigenvalue weighted by Crippen LogP contribution is -2.43. The summed E-state index contributed by atoms with van der Waals surface area (Å²) in [6, 6.07) is 11.1. The number of benzene rings is 2. The number of nitrogens with one attached hydrogen (secondary N) is 1. The van der Waals surface area contributed by atoms with Crippen molar-refractivity contribution in [2.24, 2.45) is 0 Å². The van der Waals surface area contributed by atoms with Gasteiger partial charge in [0, 0.05) is 45.4 Å². The van der Waals surface area contributed by atoms with E-state index in [-0.39, 0.29) is 23.4 Å². The quantitative estimate of drug-likeness (QED) is 0.365. The molecular formula is C28H26BrFN4O4S. The van der Waals surface area contributed by atoms with Crippen LogP contribution >= 0.6 is 27.7 Å². The number of piperidine rings is 1. The number of rotatable bonds is 6. The van der Waals surface area contributed by atoms with Crippen LogP contribution in [0.2, 0.25) is 0 Å². The van der Waals surface area contributed by atoms with Gasteiger partial charge in [-0.05, 0) is 86.5 Å². The monoisotopic (exact) mass is 612 g/mol. The average Bonchev–Trinajstić information content (AvgIpc) is 3.36. The lowest BCUT2D eigenvalue weighted by Gasteiger charge is -2.33. The third kappa shape index (κ3) is 5.94. The molecule has 0 spiro atoms. The summed E-state index contributed by atoms with van der Waals surface area (Å²) in [5.41, 5.74) is 1.88. The minimum absolute atomic E-state index is 0.0426. The summed E-state index contributed by atoms with van der Waals surface area (Å²) in [5.74, 6) is -1.55. The molecule has 0 radical (unpaired) electrons. The van der Waals surface area contributed by atoms with E-state index in [1.54, 1.807) is 6.08 Å². The van der Waals surface area contributed by atoms with Crippen LogP contribution in [0, 0.1) is 5.82 Å². The zero-order valence-electron chi connectivity index (χ0n) is 21.2. The summed E-state index contributed by atoms with van der Waals surface area (Å²) in [6.07, 6.45) is 6.56. The van der Waals surface area contributed by atoms with E-state index in [1.807, 2.05) is 33.9 Å². The van der Waals surface area contributed by atoms with E-state index in [1.165, 1.54) is 24.3 Å². The van der Waals surface area contributed by atoms with Gasteiger partial charge in [0.15, 0.2) is 0 Å². The number of nitrogens with zero attached hydrogens (tertiary/aromatic N) is 3. The third-order valence-corrected chi connectivity index (χ3v) is 8.29. The molecule has 0 unspecified atom stereocenters. The van der Waals surface area contributed by atoms with Crippen LogP contribution in [0.1, 0.15) is 31.7 Å². The number of aromatic nitrogens is 1. The predicted molar refractivity (Wildman–Crippen MR) is 152 cm³/mol. The molecule has 0 bridgehead atoms. The number of amides is 4. The van der Waals surface area contributed by atoms with Crippen molar-refractivity contribution in [3.63, 3.8) is 0 Å². The Kier molecular flexibility index (Phi) is 7.90. The molecule has 2 fully saturated rings. The molecule has 39 heavy (non-hydrogen) atoms. The topological polar surface area (TPSA) is 91.7 Å². The van der Waals surface area contributed by atoms with Gasteiger partial charge in [-0.3, -0.25) is 24.1 Å². The van der Waals surface area contributed by atoms with Gasteiger partial charge in [-0.2, -0.15) is 0 Å². The molecule has 0 aliphatic carbocycles. The summed E-state index contributed by atoms with van der Waals surface area (Å²) in [6.45, 7) is 2.53. The molecular weight excluding hydrogens is 587 g/mol. The SMILES string of the molecule is C[C@H]1CCCCN1C(=O)Cn1cc(/C=C2\SC(=O)N(CC(=O)Nc3ccc(F)cc3)C2=O)c2cc(Br)ccc21. The second-order valence-electron chi connectivity index (χ2n) is 9.63. The highest BCUT2D eigenvalue weighted by Gasteiger charge is 2.36. The first kappa shape index (κ1) is 27.1. The van der Waals surface area contributed by atoms with Gasteiger partial charge in [-0.1, -0.05) is 15.9 Å². The Morgan fingerprint density at radius 1 is 1.13 bits per heavy atom. The lowest BCUT2D eigenvalue weighted by molar-refractivity contribution is -0.135. The fourth-order valence-corrected chi connectivity index (χ4v) is 6.09. The van der Waals surface area contributed by atoms with E-state index < -0.39 is 29.4 Å². The Hall–Kier alpha value is -3.44.